The second kappa shape index (κ2) is 13.5. The lowest BCUT2D eigenvalue weighted by Crippen LogP contribution is -2.53. The van der Waals surface area contributed by atoms with Gasteiger partial charge in [-0.25, -0.2) is 8.42 Å². The van der Waals surface area contributed by atoms with Gasteiger partial charge in [-0.2, -0.15) is 0 Å². The number of nitrogens with one attached hydrogen (secondary N) is 1. The Balaban J connectivity index is 2.08. The summed E-state index contributed by atoms with van der Waals surface area (Å²) < 4.78 is 26.6. The maximum atomic E-state index is 14.0. The Hall–Kier alpha value is -2.78. The first kappa shape index (κ1) is 30.8. The number of carbonyl (C=O) groups excluding carboxylic acids is 2. The molecule has 39 heavy (non-hydrogen) atoms. The molecule has 0 saturated carbocycles. The molecule has 0 bridgehead atoms. The van der Waals surface area contributed by atoms with E-state index in [-0.39, 0.29) is 39.6 Å². The maximum Gasteiger partial charge on any atom is 0.244 e. The number of likely N-dealkylation sites (N-methyl/N-ethyl adjacent to an activating group) is 1. The van der Waals surface area contributed by atoms with Crippen molar-refractivity contribution < 1.29 is 18.0 Å². The van der Waals surface area contributed by atoms with Crippen LogP contribution in [0.25, 0.3) is 0 Å². The number of carbonyl (C=O) groups is 2. The Bertz CT molecular complexity index is 1440. The summed E-state index contributed by atoms with van der Waals surface area (Å²) in [6.45, 7) is 3.57. The van der Waals surface area contributed by atoms with E-state index in [9.17, 15) is 18.0 Å². The van der Waals surface area contributed by atoms with Crippen LogP contribution in [0.3, 0.4) is 0 Å². The van der Waals surface area contributed by atoms with Gasteiger partial charge in [0.2, 0.25) is 21.8 Å². The zero-order valence-electron chi connectivity index (χ0n) is 21.8. The molecule has 0 saturated heterocycles. The van der Waals surface area contributed by atoms with Gasteiger partial charge in [0.05, 0.1) is 27.0 Å². The molecule has 1 N–H and O–H groups in total. The van der Waals surface area contributed by atoms with Crippen molar-refractivity contribution in [1.82, 2.24) is 10.2 Å². The first-order valence-electron chi connectivity index (χ1n) is 12.2. The molecular formula is C28H30Cl3N3O4S. The minimum Gasteiger partial charge on any atom is -0.355 e. The van der Waals surface area contributed by atoms with Crippen LogP contribution in [0.1, 0.15) is 23.6 Å². The predicted molar refractivity (Wildman–Crippen MR) is 158 cm³/mol. The molecule has 0 radical (unpaired) electrons. The van der Waals surface area contributed by atoms with E-state index >= 15 is 0 Å². The molecule has 0 unspecified atom stereocenters. The maximum absolute atomic E-state index is 14.0. The van der Waals surface area contributed by atoms with Crippen molar-refractivity contribution in [3.05, 3.63) is 98.5 Å². The summed E-state index contributed by atoms with van der Waals surface area (Å²) in [5.74, 6) is -0.933. The molecule has 0 heterocycles. The van der Waals surface area contributed by atoms with Gasteiger partial charge in [0.25, 0.3) is 0 Å². The Morgan fingerprint density at radius 2 is 1.54 bits per heavy atom. The summed E-state index contributed by atoms with van der Waals surface area (Å²) >= 11 is 18.5. The lowest BCUT2D eigenvalue weighted by molar-refractivity contribution is -0.140. The lowest BCUT2D eigenvalue weighted by Gasteiger charge is -2.33. The van der Waals surface area contributed by atoms with E-state index in [1.807, 2.05) is 61.5 Å². The molecule has 1 atom stereocenters. The quantitative estimate of drug-likeness (QED) is 0.291. The first-order valence-corrected chi connectivity index (χ1v) is 15.2. The van der Waals surface area contributed by atoms with Gasteiger partial charge < -0.3 is 10.2 Å². The molecule has 0 aliphatic heterocycles. The summed E-state index contributed by atoms with van der Waals surface area (Å²) in [7, 11) is -3.99. The summed E-state index contributed by atoms with van der Waals surface area (Å²) in [4.78, 5) is 28.8. The number of aryl methyl sites for hydroxylation is 1. The highest BCUT2D eigenvalue weighted by atomic mass is 35.5. The van der Waals surface area contributed by atoms with E-state index < -0.39 is 28.5 Å². The second-order valence-electron chi connectivity index (χ2n) is 9.10. The number of halogens is 3. The summed E-state index contributed by atoms with van der Waals surface area (Å²) in [5.41, 5.74) is 2.64. The van der Waals surface area contributed by atoms with Crippen LogP contribution in [0.5, 0.6) is 0 Å². The predicted octanol–water partition coefficient (Wildman–Crippen LogP) is 5.50. The van der Waals surface area contributed by atoms with E-state index in [0.29, 0.717) is 6.54 Å². The molecule has 0 fully saturated rings. The average Bonchev–Trinajstić information content (AvgIpc) is 2.87. The Labute approximate surface area is 244 Å². The second-order valence-corrected chi connectivity index (χ2v) is 12.2. The molecule has 7 nitrogen and oxygen atoms in total. The highest BCUT2D eigenvalue weighted by molar-refractivity contribution is 7.92. The van der Waals surface area contributed by atoms with Gasteiger partial charge in [0.15, 0.2) is 0 Å². The molecule has 0 aliphatic rings. The molecule has 11 heteroatoms. The molecule has 3 aromatic rings. The van der Waals surface area contributed by atoms with E-state index in [2.05, 4.69) is 5.32 Å². The molecular weight excluding hydrogens is 581 g/mol. The summed E-state index contributed by atoms with van der Waals surface area (Å²) in [6, 6.07) is 18.6. The number of sulfonamides is 1. The van der Waals surface area contributed by atoms with Crippen molar-refractivity contribution in [3.63, 3.8) is 0 Å². The van der Waals surface area contributed by atoms with Crippen LogP contribution in [-0.4, -0.2) is 50.5 Å². The van der Waals surface area contributed by atoms with Crippen LogP contribution in [0.2, 0.25) is 15.1 Å². The standard InChI is InChI=1S/C28H30Cl3N3O4S/c1-4-32-28(36)26(14-20-10-6-5-7-11-20)33(17-21-12-8-9-19(2)13-21)27(35)18-34(39(3,37)38)25-16-23(30)22(29)15-24(25)31/h5-13,15-16,26H,4,14,17-18H2,1-3H3,(H,32,36)/t26-/m1/s1. The third-order valence-electron chi connectivity index (χ3n) is 6.00. The number of amides is 2. The molecule has 0 aromatic heterocycles. The molecule has 3 rings (SSSR count). The number of hydrogen-bond acceptors (Lipinski definition) is 4. The van der Waals surface area contributed by atoms with Crippen LogP contribution in [0.15, 0.2) is 66.7 Å². The normalized spacial score (nSPS) is 12.1. The Morgan fingerprint density at radius 3 is 2.15 bits per heavy atom. The van der Waals surface area contributed by atoms with Gasteiger partial charge in [0, 0.05) is 19.5 Å². The fraction of sp³-hybridized carbons (Fsp3) is 0.286. The van der Waals surface area contributed by atoms with Crippen molar-refractivity contribution in [3.8, 4) is 0 Å². The number of anilines is 1. The summed E-state index contributed by atoms with van der Waals surface area (Å²) in [6.07, 6.45) is 1.20. The van der Waals surface area contributed by atoms with E-state index in [4.69, 9.17) is 34.8 Å². The largest absolute Gasteiger partial charge is 0.355 e. The van der Waals surface area contributed by atoms with Gasteiger partial charge in [-0.05, 0) is 37.1 Å². The highest BCUT2D eigenvalue weighted by Gasteiger charge is 2.33. The number of hydrogen-bond donors (Lipinski definition) is 1. The van der Waals surface area contributed by atoms with Crippen molar-refractivity contribution >= 4 is 62.3 Å². The average molecular weight is 611 g/mol. The van der Waals surface area contributed by atoms with E-state index in [1.165, 1.54) is 17.0 Å². The fourth-order valence-electron chi connectivity index (χ4n) is 4.15. The molecule has 0 aliphatic carbocycles. The zero-order chi connectivity index (χ0) is 28.7. The van der Waals surface area contributed by atoms with Crippen molar-refractivity contribution in [2.45, 2.75) is 32.9 Å². The number of nitrogens with zero attached hydrogens (tertiary/aromatic N) is 2. The zero-order valence-corrected chi connectivity index (χ0v) is 24.9. The SMILES string of the molecule is CCNC(=O)[C@@H](Cc1ccccc1)N(Cc1cccc(C)c1)C(=O)CN(c1cc(Cl)c(Cl)cc1Cl)S(C)(=O)=O. The monoisotopic (exact) mass is 609 g/mol. The Morgan fingerprint density at radius 1 is 0.897 bits per heavy atom. The first-order chi connectivity index (χ1) is 18.4. The minimum absolute atomic E-state index is 0.00930. The summed E-state index contributed by atoms with van der Waals surface area (Å²) in [5, 5.41) is 3.06. The van der Waals surface area contributed by atoms with Crippen LogP contribution in [0, 0.1) is 6.92 Å². The van der Waals surface area contributed by atoms with Crippen LogP contribution < -0.4 is 9.62 Å². The van der Waals surface area contributed by atoms with Gasteiger partial charge in [-0.3, -0.25) is 13.9 Å². The molecule has 2 amide bonds. The molecule has 0 spiro atoms. The van der Waals surface area contributed by atoms with E-state index in [1.54, 1.807) is 6.92 Å². The number of rotatable bonds is 11. The third kappa shape index (κ3) is 8.35. The fourth-order valence-corrected chi connectivity index (χ4v) is 5.70. The van der Waals surface area contributed by atoms with Crippen LogP contribution in [0.4, 0.5) is 5.69 Å². The van der Waals surface area contributed by atoms with Gasteiger partial charge in [-0.1, -0.05) is 95.0 Å². The van der Waals surface area contributed by atoms with E-state index in [0.717, 1.165) is 27.3 Å². The van der Waals surface area contributed by atoms with Crippen molar-refractivity contribution in [2.24, 2.45) is 0 Å². The van der Waals surface area contributed by atoms with Gasteiger partial charge >= 0.3 is 0 Å². The Kier molecular flexibility index (Phi) is 10.7. The minimum atomic E-state index is -3.99. The van der Waals surface area contributed by atoms with Gasteiger partial charge in [0.1, 0.15) is 12.6 Å². The van der Waals surface area contributed by atoms with Crippen molar-refractivity contribution in [1.29, 1.82) is 0 Å². The lowest BCUT2D eigenvalue weighted by atomic mass is 10.0. The van der Waals surface area contributed by atoms with Crippen LogP contribution >= 0.6 is 34.8 Å². The van der Waals surface area contributed by atoms with Gasteiger partial charge in [-0.15, -0.1) is 0 Å². The number of benzene rings is 3. The molecule has 208 valence electrons. The third-order valence-corrected chi connectivity index (χ3v) is 8.15. The smallest absolute Gasteiger partial charge is 0.244 e. The van der Waals surface area contributed by atoms with Crippen molar-refractivity contribution in [2.75, 3.05) is 23.7 Å². The topological polar surface area (TPSA) is 86.8 Å². The highest BCUT2D eigenvalue weighted by Crippen LogP contribution is 2.35. The van der Waals surface area contributed by atoms with Crippen LogP contribution in [-0.2, 0) is 32.6 Å². The molecule has 3 aromatic carbocycles.